The van der Waals surface area contributed by atoms with Crippen LogP contribution in [0.4, 0.5) is 5.82 Å². The topological polar surface area (TPSA) is 68.5 Å². The molecule has 0 saturated heterocycles. The fourth-order valence-corrected chi connectivity index (χ4v) is 2.01. The molecule has 1 N–H and O–H groups in total. The molecule has 3 heterocycles. The molecule has 0 bridgehead atoms. The number of hydrogen-bond acceptors (Lipinski definition) is 5. The van der Waals surface area contributed by atoms with Gasteiger partial charge in [-0.2, -0.15) is 5.10 Å². The average Bonchev–Trinajstić information content (AvgIpc) is 2.94. The first-order chi connectivity index (χ1) is 10.2. The summed E-state index contributed by atoms with van der Waals surface area (Å²) in [4.78, 5) is 13.4. The van der Waals surface area contributed by atoms with Gasteiger partial charge >= 0.3 is 0 Å². The molecule has 0 unspecified atom stereocenters. The van der Waals surface area contributed by atoms with Crippen LogP contribution in [0.25, 0.3) is 22.6 Å². The maximum atomic E-state index is 4.62. The van der Waals surface area contributed by atoms with Gasteiger partial charge < -0.3 is 5.32 Å². The van der Waals surface area contributed by atoms with Crippen LogP contribution >= 0.6 is 0 Å². The Morgan fingerprint density at radius 3 is 2.57 bits per heavy atom. The van der Waals surface area contributed by atoms with E-state index in [2.05, 4.69) is 25.4 Å². The fraction of sp³-hybridized carbons (Fsp3) is 0.200. The molecule has 3 rings (SSSR count). The summed E-state index contributed by atoms with van der Waals surface area (Å²) in [5.41, 5.74) is 3.65. The summed E-state index contributed by atoms with van der Waals surface area (Å²) in [6, 6.07) is 5.83. The number of aromatic nitrogens is 5. The van der Waals surface area contributed by atoms with Gasteiger partial charge in [0.15, 0.2) is 5.82 Å². The number of nitrogens with zero attached hydrogens (tertiary/aromatic N) is 5. The summed E-state index contributed by atoms with van der Waals surface area (Å²) >= 11 is 0. The van der Waals surface area contributed by atoms with Gasteiger partial charge in [-0.05, 0) is 19.1 Å². The van der Waals surface area contributed by atoms with E-state index in [1.165, 1.54) is 0 Å². The number of hydrogen-bond donors (Lipinski definition) is 1. The summed E-state index contributed by atoms with van der Waals surface area (Å²) in [5.74, 6) is 1.41. The second kappa shape index (κ2) is 5.32. The standard InChI is InChI=1S/C15H16N6/c1-10-4-5-11(7-17-10)15-19-13(6-14(16-2)20-15)12-8-18-21(3)9-12/h4-9H,1-3H3,(H,16,19,20). The van der Waals surface area contributed by atoms with E-state index in [1.807, 2.05) is 45.4 Å². The van der Waals surface area contributed by atoms with Gasteiger partial charge in [0.05, 0.1) is 11.9 Å². The van der Waals surface area contributed by atoms with Gasteiger partial charge in [0, 0.05) is 49.4 Å². The van der Waals surface area contributed by atoms with E-state index >= 15 is 0 Å². The SMILES string of the molecule is CNc1cc(-c2cnn(C)c2)nc(-c2ccc(C)nc2)n1. The minimum atomic E-state index is 0.646. The maximum absolute atomic E-state index is 4.62. The van der Waals surface area contributed by atoms with Crippen LogP contribution in [0.3, 0.4) is 0 Å². The van der Waals surface area contributed by atoms with Crippen molar-refractivity contribution < 1.29 is 0 Å². The van der Waals surface area contributed by atoms with Crippen LogP contribution in [0.15, 0.2) is 36.8 Å². The number of aryl methyl sites for hydroxylation is 2. The Bertz CT molecular complexity index is 760. The molecule has 3 aromatic rings. The largest absolute Gasteiger partial charge is 0.373 e. The number of pyridine rings is 1. The van der Waals surface area contributed by atoms with Gasteiger partial charge in [-0.1, -0.05) is 0 Å². The molecular weight excluding hydrogens is 264 g/mol. The lowest BCUT2D eigenvalue weighted by Gasteiger charge is -2.07. The molecule has 21 heavy (non-hydrogen) atoms. The molecule has 0 fully saturated rings. The maximum Gasteiger partial charge on any atom is 0.163 e. The van der Waals surface area contributed by atoms with E-state index in [1.54, 1.807) is 17.1 Å². The highest BCUT2D eigenvalue weighted by molar-refractivity contribution is 5.66. The molecule has 0 aliphatic rings. The van der Waals surface area contributed by atoms with Crippen molar-refractivity contribution in [1.82, 2.24) is 24.7 Å². The predicted molar refractivity (Wildman–Crippen MR) is 81.7 cm³/mol. The first-order valence-electron chi connectivity index (χ1n) is 6.64. The molecule has 0 amide bonds. The third-order valence-electron chi connectivity index (χ3n) is 3.15. The van der Waals surface area contributed by atoms with E-state index in [4.69, 9.17) is 0 Å². The summed E-state index contributed by atoms with van der Waals surface area (Å²) in [6.07, 6.45) is 5.51. The summed E-state index contributed by atoms with van der Waals surface area (Å²) in [6.45, 7) is 1.95. The highest BCUT2D eigenvalue weighted by Gasteiger charge is 2.09. The minimum Gasteiger partial charge on any atom is -0.373 e. The molecule has 0 radical (unpaired) electrons. The summed E-state index contributed by atoms with van der Waals surface area (Å²) in [7, 11) is 3.72. The molecule has 0 saturated carbocycles. The molecule has 106 valence electrons. The molecule has 0 aromatic carbocycles. The smallest absolute Gasteiger partial charge is 0.163 e. The average molecular weight is 280 g/mol. The van der Waals surface area contributed by atoms with E-state index < -0.39 is 0 Å². The van der Waals surface area contributed by atoms with Crippen molar-refractivity contribution in [1.29, 1.82) is 0 Å². The monoisotopic (exact) mass is 280 g/mol. The highest BCUT2D eigenvalue weighted by atomic mass is 15.2. The molecular formula is C15H16N6. The molecule has 0 spiro atoms. The molecule has 3 aromatic heterocycles. The quantitative estimate of drug-likeness (QED) is 0.797. The van der Waals surface area contributed by atoms with Crippen LogP contribution in [0, 0.1) is 6.92 Å². The van der Waals surface area contributed by atoms with Gasteiger partial charge in [-0.25, -0.2) is 9.97 Å². The van der Waals surface area contributed by atoms with Crippen LogP contribution in [-0.4, -0.2) is 31.8 Å². The van der Waals surface area contributed by atoms with Crippen molar-refractivity contribution in [2.75, 3.05) is 12.4 Å². The Balaban J connectivity index is 2.10. The highest BCUT2D eigenvalue weighted by Crippen LogP contribution is 2.23. The van der Waals surface area contributed by atoms with Gasteiger partial charge in [-0.3, -0.25) is 9.67 Å². The zero-order valence-corrected chi connectivity index (χ0v) is 12.2. The lowest BCUT2D eigenvalue weighted by atomic mass is 10.2. The fourth-order valence-electron chi connectivity index (χ4n) is 2.01. The molecule has 6 nitrogen and oxygen atoms in total. The third kappa shape index (κ3) is 2.74. The Labute approximate surface area is 122 Å². The van der Waals surface area contributed by atoms with Gasteiger partial charge in [0.1, 0.15) is 5.82 Å². The summed E-state index contributed by atoms with van der Waals surface area (Å²) < 4.78 is 1.75. The number of anilines is 1. The Morgan fingerprint density at radius 2 is 1.95 bits per heavy atom. The van der Waals surface area contributed by atoms with Crippen molar-refractivity contribution in [2.45, 2.75) is 6.92 Å². The molecule has 0 atom stereocenters. The van der Waals surface area contributed by atoms with Gasteiger partial charge in [-0.15, -0.1) is 0 Å². The molecule has 0 aliphatic heterocycles. The van der Waals surface area contributed by atoms with Crippen LogP contribution in [0.5, 0.6) is 0 Å². The van der Waals surface area contributed by atoms with Crippen molar-refractivity contribution >= 4 is 5.82 Å². The van der Waals surface area contributed by atoms with Gasteiger partial charge in [0.2, 0.25) is 0 Å². The molecule has 6 heteroatoms. The van der Waals surface area contributed by atoms with E-state index in [9.17, 15) is 0 Å². The molecule has 0 aliphatic carbocycles. The van der Waals surface area contributed by atoms with Crippen molar-refractivity contribution in [3.63, 3.8) is 0 Å². The van der Waals surface area contributed by atoms with Crippen molar-refractivity contribution in [3.05, 3.63) is 42.5 Å². The van der Waals surface area contributed by atoms with E-state index in [0.717, 1.165) is 28.3 Å². The third-order valence-corrected chi connectivity index (χ3v) is 3.15. The Hall–Kier alpha value is -2.76. The zero-order valence-electron chi connectivity index (χ0n) is 12.2. The first-order valence-corrected chi connectivity index (χ1v) is 6.64. The van der Waals surface area contributed by atoms with Crippen molar-refractivity contribution in [3.8, 4) is 22.6 Å². The van der Waals surface area contributed by atoms with E-state index in [0.29, 0.717) is 5.82 Å². The van der Waals surface area contributed by atoms with E-state index in [-0.39, 0.29) is 0 Å². The Kier molecular flexibility index (Phi) is 3.35. The van der Waals surface area contributed by atoms with Crippen LogP contribution < -0.4 is 5.32 Å². The number of nitrogens with one attached hydrogen (secondary N) is 1. The van der Waals surface area contributed by atoms with Crippen LogP contribution in [0.2, 0.25) is 0 Å². The first kappa shape index (κ1) is 13.2. The second-order valence-corrected chi connectivity index (χ2v) is 4.80. The van der Waals surface area contributed by atoms with Crippen molar-refractivity contribution in [2.24, 2.45) is 7.05 Å². The zero-order chi connectivity index (χ0) is 14.8. The van der Waals surface area contributed by atoms with Crippen LogP contribution in [-0.2, 0) is 7.05 Å². The van der Waals surface area contributed by atoms with Gasteiger partial charge in [0.25, 0.3) is 0 Å². The normalized spacial score (nSPS) is 10.6. The Morgan fingerprint density at radius 1 is 1.10 bits per heavy atom. The lowest BCUT2D eigenvalue weighted by Crippen LogP contribution is -1.99. The van der Waals surface area contributed by atoms with Crippen LogP contribution in [0.1, 0.15) is 5.69 Å². The number of rotatable bonds is 3. The second-order valence-electron chi connectivity index (χ2n) is 4.80. The predicted octanol–water partition coefficient (Wildman–Crippen LogP) is 2.29. The minimum absolute atomic E-state index is 0.646. The summed E-state index contributed by atoms with van der Waals surface area (Å²) in [5, 5.41) is 7.25. The lowest BCUT2D eigenvalue weighted by molar-refractivity contribution is 0.768.